The number of rotatable bonds is 11. The van der Waals surface area contributed by atoms with Gasteiger partial charge < -0.3 is 15.0 Å². The quantitative estimate of drug-likeness (QED) is 0.423. The van der Waals surface area contributed by atoms with Gasteiger partial charge in [0.2, 0.25) is 15.4 Å². The molecule has 0 aliphatic carbocycles. The second-order valence-electron chi connectivity index (χ2n) is 4.59. The largest absolute Gasteiger partial charge is 0.379 e. The third-order valence-electron chi connectivity index (χ3n) is 2.90. The van der Waals surface area contributed by atoms with Crippen LogP contribution in [0.25, 0.3) is 0 Å². The van der Waals surface area contributed by atoms with Crippen molar-refractivity contribution in [3.63, 3.8) is 0 Å². The van der Waals surface area contributed by atoms with Crippen molar-refractivity contribution in [3.8, 4) is 0 Å². The average molecular weight is 365 g/mol. The molecule has 0 fully saturated rings. The van der Waals surface area contributed by atoms with E-state index in [9.17, 15) is 13.2 Å². The minimum Gasteiger partial charge on any atom is -0.379 e. The first kappa shape index (κ1) is 19.9. The summed E-state index contributed by atoms with van der Waals surface area (Å²) in [5.74, 6) is -0.334. The first-order valence-electron chi connectivity index (χ1n) is 7.29. The van der Waals surface area contributed by atoms with E-state index in [2.05, 4.69) is 39.0 Å². The first-order chi connectivity index (χ1) is 10.9. The highest BCUT2D eigenvalue weighted by Crippen LogP contribution is 2.19. The highest BCUT2D eigenvalue weighted by Gasteiger charge is 2.19. The van der Waals surface area contributed by atoms with Crippen LogP contribution in [0.2, 0.25) is 0 Å². The molecular weight excluding hydrogens is 342 g/mol. The molecule has 1 amide bonds. The van der Waals surface area contributed by atoms with Crippen LogP contribution in [0.5, 0.6) is 0 Å². The van der Waals surface area contributed by atoms with Crippen molar-refractivity contribution in [2.45, 2.75) is 25.1 Å². The lowest BCUT2D eigenvalue weighted by Gasteiger charge is -2.17. The molecule has 9 nitrogen and oxygen atoms in total. The second-order valence-corrected chi connectivity index (χ2v) is 7.51. The summed E-state index contributed by atoms with van der Waals surface area (Å²) in [6.07, 6.45) is 0. The van der Waals surface area contributed by atoms with Crippen molar-refractivity contribution in [2.75, 3.05) is 44.7 Å². The van der Waals surface area contributed by atoms with Crippen LogP contribution >= 0.6 is 11.3 Å². The molecule has 0 aromatic carbocycles. The van der Waals surface area contributed by atoms with E-state index < -0.39 is 10.0 Å². The van der Waals surface area contributed by atoms with E-state index in [4.69, 9.17) is 4.74 Å². The summed E-state index contributed by atoms with van der Waals surface area (Å²) in [5.41, 5.74) is 0. The number of anilines is 1. The Labute approximate surface area is 140 Å². The minimum atomic E-state index is -3.73. The van der Waals surface area contributed by atoms with Gasteiger partial charge in [-0.3, -0.25) is 4.79 Å². The molecule has 1 heterocycles. The van der Waals surface area contributed by atoms with E-state index in [1.165, 1.54) is 6.92 Å². The number of likely N-dealkylation sites (N-methyl/N-ethyl adjacent to an activating group) is 1. The number of aromatic nitrogens is 2. The molecule has 132 valence electrons. The molecule has 2 N–H and O–H groups in total. The summed E-state index contributed by atoms with van der Waals surface area (Å²) in [7, 11) is -3.73. The monoisotopic (exact) mass is 365 g/mol. The molecule has 0 saturated carbocycles. The van der Waals surface area contributed by atoms with Gasteiger partial charge in [0.1, 0.15) is 0 Å². The van der Waals surface area contributed by atoms with Crippen molar-refractivity contribution in [1.29, 1.82) is 0 Å². The van der Waals surface area contributed by atoms with Crippen molar-refractivity contribution in [2.24, 2.45) is 0 Å². The Morgan fingerprint density at radius 1 is 1.26 bits per heavy atom. The Morgan fingerprint density at radius 2 is 1.96 bits per heavy atom. The molecule has 0 aliphatic heterocycles. The third-order valence-corrected chi connectivity index (χ3v) is 5.57. The maximum atomic E-state index is 12.0. The van der Waals surface area contributed by atoms with Crippen LogP contribution in [-0.4, -0.2) is 68.8 Å². The van der Waals surface area contributed by atoms with Crippen molar-refractivity contribution in [1.82, 2.24) is 19.8 Å². The zero-order valence-electron chi connectivity index (χ0n) is 13.5. The van der Waals surface area contributed by atoms with Crippen molar-refractivity contribution < 1.29 is 17.9 Å². The van der Waals surface area contributed by atoms with E-state index in [-0.39, 0.29) is 28.5 Å². The normalized spacial score (nSPS) is 11.8. The maximum absolute atomic E-state index is 12.0. The molecule has 0 aliphatic rings. The summed E-state index contributed by atoms with van der Waals surface area (Å²) < 4.78 is 31.6. The zero-order chi connectivity index (χ0) is 17.3. The molecule has 0 spiro atoms. The number of carbonyl (C=O) groups excluding carboxylic acids is 1. The van der Waals surface area contributed by atoms with E-state index in [0.29, 0.717) is 6.61 Å². The van der Waals surface area contributed by atoms with Gasteiger partial charge in [0.05, 0.1) is 13.2 Å². The number of carbonyl (C=O) groups is 1. The number of hydrogen-bond acceptors (Lipinski definition) is 8. The Hall–Kier alpha value is -1.14. The van der Waals surface area contributed by atoms with Gasteiger partial charge in [-0.2, -0.15) is 0 Å². The first-order valence-corrected chi connectivity index (χ1v) is 9.59. The smallest absolute Gasteiger partial charge is 0.269 e. The van der Waals surface area contributed by atoms with Crippen LogP contribution in [0.4, 0.5) is 5.13 Å². The van der Waals surface area contributed by atoms with E-state index in [1.54, 1.807) is 0 Å². The van der Waals surface area contributed by atoms with Gasteiger partial charge in [-0.25, -0.2) is 13.1 Å². The van der Waals surface area contributed by atoms with E-state index in [1.807, 2.05) is 0 Å². The number of hydrogen-bond donors (Lipinski definition) is 2. The topological polar surface area (TPSA) is 114 Å². The van der Waals surface area contributed by atoms with Gasteiger partial charge in [0, 0.05) is 20.0 Å². The third kappa shape index (κ3) is 7.31. The lowest BCUT2D eigenvalue weighted by Crippen LogP contribution is -2.30. The van der Waals surface area contributed by atoms with Crippen molar-refractivity contribution in [3.05, 3.63) is 0 Å². The van der Waals surface area contributed by atoms with Gasteiger partial charge in [-0.15, -0.1) is 10.2 Å². The summed E-state index contributed by atoms with van der Waals surface area (Å²) in [5, 5.41) is 9.69. The molecule has 1 rings (SSSR count). The molecule has 1 aromatic rings. The second kappa shape index (κ2) is 9.88. The molecule has 23 heavy (non-hydrogen) atoms. The van der Waals surface area contributed by atoms with Crippen LogP contribution in [0.15, 0.2) is 4.34 Å². The van der Waals surface area contributed by atoms with E-state index >= 15 is 0 Å². The minimum absolute atomic E-state index is 0.147. The Morgan fingerprint density at radius 3 is 2.57 bits per heavy atom. The number of sulfonamides is 1. The summed E-state index contributed by atoms with van der Waals surface area (Å²) in [6, 6.07) is 0. The van der Waals surface area contributed by atoms with Crippen LogP contribution in [0, 0.1) is 0 Å². The van der Waals surface area contributed by atoms with Gasteiger partial charge in [-0.1, -0.05) is 25.2 Å². The lowest BCUT2D eigenvalue weighted by atomic mass is 10.5. The lowest BCUT2D eigenvalue weighted by molar-refractivity contribution is -0.114. The summed E-state index contributed by atoms with van der Waals surface area (Å²) in [4.78, 5) is 13.1. The average Bonchev–Trinajstić information content (AvgIpc) is 2.95. The van der Waals surface area contributed by atoms with Crippen molar-refractivity contribution >= 4 is 32.4 Å². The molecule has 0 radical (unpaired) electrons. The highest BCUT2D eigenvalue weighted by atomic mass is 32.2. The van der Waals surface area contributed by atoms with Gasteiger partial charge in [0.25, 0.3) is 10.0 Å². The number of amides is 1. The Bertz CT molecular complexity index is 586. The molecule has 0 unspecified atom stereocenters. The van der Waals surface area contributed by atoms with Gasteiger partial charge in [-0.05, 0) is 13.1 Å². The van der Waals surface area contributed by atoms with Gasteiger partial charge >= 0.3 is 0 Å². The van der Waals surface area contributed by atoms with Crippen LogP contribution in [0.1, 0.15) is 20.8 Å². The zero-order valence-corrected chi connectivity index (χ0v) is 15.2. The number of nitrogens with one attached hydrogen (secondary N) is 2. The number of nitrogens with zero attached hydrogens (tertiary/aromatic N) is 3. The molecule has 0 saturated heterocycles. The molecule has 1 aromatic heterocycles. The van der Waals surface area contributed by atoms with Gasteiger partial charge in [0.15, 0.2) is 0 Å². The predicted octanol–water partition coefficient (Wildman–Crippen LogP) is 0.133. The Balaban J connectivity index is 2.33. The van der Waals surface area contributed by atoms with Crippen LogP contribution < -0.4 is 10.0 Å². The number of ether oxygens (including phenoxy) is 1. The molecule has 11 heteroatoms. The van der Waals surface area contributed by atoms with Crippen LogP contribution in [-0.2, 0) is 19.6 Å². The molecule has 0 atom stereocenters. The molecule has 0 bridgehead atoms. The van der Waals surface area contributed by atoms with E-state index in [0.717, 1.165) is 31.0 Å². The summed E-state index contributed by atoms with van der Waals surface area (Å²) >= 11 is 0.794. The molecular formula is C12H23N5O4S2. The van der Waals surface area contributed by atoms with Crippen LogP contribution in [0.3, 0.4) is 0 Å². The Kier molecular flexibility index (Phi) is 8.55. The SMILES string of the molecule is CCN(CC)CCOCCNS(=O)(=O)c1nnc(NC(C)=O)s1. The standard InChI is InChI=1S/C12H23N5O4S2/c1-4-17(5-2)7-9-21-8-6-13-23(19,20)12-16-15-11(22-12)14-10(3)18/h13H,4-9H2,1-3H3,(H,14,15,18). The maximum Gasteiger partial charge on any atom is 0.269 e. The fraction of sp³-hybridized carbons (Fsp3) is 0.750. The highest BCUT2D eigenvalue weighted by molar-refractivity contribution is 7.91. The summed E-state index contributed by atoms with van der Waals surface area (Å²) in [6.45, 7) is 9.17. The fourth-order valence-corrected chi connectivity index (χ4v) is 3.66. The fourth-order valence-electron chi connectivity index (χ4n) is 1.66. The predicted molar refractivity (Wildman–Crippen MR) is 88.0 cm³/mol.